The molecule has 1 aliphatic heterocycles. The molecule has 4 heteroatoms. The molecule has 3 rings (SSSR count). The van der Waals surface area contributed by atoms with E-state index < -0.39 is 0 Å². The van der Waals surface area contributed by atoms with E-state index in [4.69, 9.17) is 0 Å². The Balaban J connectivity index is 1.83. The minimum Gasteiger partial charge on any atom is -0.341 e. The molecular formula is C14H16BrN3. The number of imidazole rings is 1. The van der Waals surface area contributed by atoms with Crippen molar-refractivity contribution in [2.75, 3.05) is 6.54 Å². The van der Waals surface area contributed by atoms with E-state index in [1.54, 1.807) is 0 Å². The predicted molar refractivity (Wildman–Crippen MR) is 76.2 cm³/mol. The Bertz CT molecular complexity index is 532. The summed E-state index contributed by atoms with van der Waals surface area (Å²) in [7, 11) is 0. The van der Waals surface area contributed by atoms with Gasteiger partial charge in [0.1, 0.15) is 5.82 Å². The fraction of sp³-hybridized carbons (Fsp3) is 0.357. The van der Waals surface area contributed by atoms with Crippen LogP contribution in [0.25, 0.3) is 11.3 Å². The van der Waals surface area contributed by atoms with Crippen LogP contribution in [0.1, 0.15) is 25.2 Å². The smallest absolute Gasteiger partial charge is 0.123 e. The maximum atomic E-state index is 4.50. The Labute approximate surface area is 115 Å². The summed E-state index contributed by atoms with van der Waals surface area (Å²) < 4.78 is 1.09. The van der Waals surface area contributed by atoms with Gasteiger partial charge in [-0.05, 0) is 36.6 Å². The molecule has 0 saturated carbocycles. The van der Waals surface area contributed by atoms with Crippen molar-refractivity contribution in [3.8, 4) is 11.3 Å². The van der Waals surface area contributed by atoms with Gasteiger partial charge in [-0.25, -0.2) is 4.98 Å². The number of rotatable bonds is 2. The second kappa shape index (κ2) is 4.86. The fourth-order valence-electron chi connectivity index (χ4n) is 2.41. The van der Waals surface area contributed by atoms with Crippen LogP contribution in [0, 0.1) is 5.92 Å². The zero-order valence-corrected chi connectivity index (χ0v) is 11.9. The second-order valence-electron chi connectivity index (χ2n) is 4.99. The number of nitrogens with one attached hydrogen (secondary N) is 2. The van der Waals surface area contributed by atoms with Crippen LogP contribution in [0.5, 0.6) is 0 Å². The normalized spacial score (nSPS) is 23.4. The molecule has 1 fully saturated rings. The van der Waals surface area contributed by atoms with Crippen molar-refractivity contribution >= 4 is 15.9 Å². The van der Waals surface area contributed by atoms with Gasteiger partial charge in [-0.3, -0.25) is 0 Å². The fourth-order valence-corrected chi connectivity index (χ4v) is 2.67. The zero-order valence-electron chi connectivity index (χ0n) is 10.3. The standard InChI is InChI=1S/C14H16BrN3/c1-9-6-12(16-7-9)14-17-8-13(18-14)10-2-4-11(15)5-3-10/h2-5,8-9,12,16H,6-7H2,1H3,(H,17,18)/t9-,12+/m1/s1. The van der Waals surface area contributed by atoms with E-state index in [2.05, 4.69) is 50.3 Å². The Morgan fingerprint density at radius 3 is 2.72 bits per heavy atom. The van der Waals surface area contributed by atoms with Crippen LogP contribution in [0.3, 0.4) is 0 Å². The molecule has 2 atom stereocenters. The van der Waals surface area contributed by atoms with E-state index in [1.807, 2.05) is 18.3 Å². The summed E-state index contributed by atoms with van der Waals surface area (Å²) in [6.07, 6.45) is 3.08. The van der Waals surface area contributed by atoms with Crippen LogP contribution in [-0.4, -0.2) is 16.5 Å². The molecule has 0 amide bonds. The lowest BCUT2D eigenvalue weighted by molar-refractivity contribution is 0.588. The third-order valence-corrected chi connectivity index (χ3v) is 3.96. The van der Waals surface area contributed by atoms with Gasteiger partial charge in [-0.1, -0.05) is 35.0 Å². The molecule has 1 aromatic heterocycles. The van der Waals surface area contributed by atoms with Crippen molar-refractivity contribution in [1.29, 1.82) is 0 Å². The highest BCUT2D eigenvalue weighted by Crippen LogP contribution is 2.27. The van der Waals surface area contributed by atoms with Gasteiger partial charge >= 0.3 is 0 Å². The average molecular weight is 306 g/mol. The molecule has 2 N–H and O–H groups in total. The first-order chi connectivity index (χ1) is 8.72. The van der Waals surface area contributed by atoms with Crippen molar-refractivity contribution in [3.05, 3.63) is 40.8 Å². The molecule has 1 saturated heterocycles. The molecule has 0 unspecified atom stereocenters. The molecule has 94 valence electrons. The topological polar surface area (TPSA) is 40.7 Å². The predicted octanol–water partition coefficient (Wildman–Crippen LogP) is 3.51. The first kappa shape index (κ1) is 11.9. The van der Waals surface area contributed by atoms with Crippen molar-refractivity contribution in [1.82, 2.24) is 15.3 Å². The summed E-state index contributed by atoms with van der Waals surface area (Å²) in [5.41, 5.74) is 2.25. The van der Waals surface area contributed by atoms with Crippen LogP contribution in [0.15, 0.2) is 34.9 Å². The monoisotopic (exact) mass is 305 g/mol. The van der Waals surface area contributed by atoms with E-state index in [9.17, 15) is 0 Å². The minimum atomic E-state index is 0.379. The molecule has 18 heavy (non-hydrogen) atoms. The van der Waals surface area contributed by atoms with Gasteiger partial charge in [-0.15, -0.1) is 0 Å². The highest BCUT2D eigenvalue weighted by atomic mass is 79.9. The molecule has 0 spiro atoms. The quantitative estimate of drug-likeness (QED) is 0.891. The molecule has 0 radical (unpaired) electrons. The molecular weight excluding hydrogens is 290 g/mol. The summed E-state index contributed by atoms with van der Waals surface area (Å²) in [6.45, 7) is 3.35. The van der Waals surface area contributed by atoms with Gasteiger partial charge in [0.15, 0.2) is 0 Å². The van der Waals surface area contributed by atoms with E-state index in [0.29, 0.717) is 6.04 Å². The maximum Gasteiger partial charge on any atom is 0.123 e. The second-order valence-corrected chi connectivity index (χ2v) is 5.91. The Hall–Kier alpha value is -1.13. The van der Waals surface area contributed by atoms with Crippen molar-refractivity contribution in [2.24, 2.45) is 5.92 Å². The SMILES string of the molecule is C[C@H]1CN[C@H](c2ncc(-c3ccc(Br)cc3)[nH]2)C1. The molecule has 3 nitrogen and oxygen atoms in total. The van der Waals surface area contributed by atoms with Gasteiger partial charge in [0.25, 0.3) is 0 Å². The Kier molecular flexibility index (Phi) is 3.22. The largest absolute Gasteiger partial charge is 0.341 e. The number of aromatic amines is 1. The lowest BCUT2D eigenvalue weighted by atomic mass is 10.1. The lowest BCUT2D eigenvalue weighted by Crippen LogP contribution is -2.14. The van der Waals surface area contributed by atoms with Crippen LogP contribution in [-0.2, 0) is 0 Å². The van der Waals surface area contributed by atoms with Crippen LogP contribution >= 0.6 is 15.9 Å². The van der Waals surface area contributed by atoms with Crippen molar-refractivity contribution in [3.63, 3.8) is 0 Å². The lowest BCUT2D eigenvalue weighted by Gasteiger charge is -2.05. The number of halogens is 1. The van der Waals surface area contributed by atoms with Gasteiger partial charge in [-0.2, -0.15) is 0 Å². The molecule has 2 heterocycles. The van der Waals surface area contributed by atoms with E-state index in [1.165, 1.54) is 5.56 Å². The highest BCUT2D eigenvalue weighted by Gasteiger charge is 2.24. The minimum absolute atomic E-state index is 0.379. The number of H-pyrrole nitrogens is 1. The van der Waals surface area contributed by atoms with Gasteiger partial charge in [0, 0.05) is 4.47 Å². The maximum absolute atomic E-state index is 4.50. The third kappa shape index (κ3) is 2.35. The number of hydrogen-bond acceptors (Lipinski definition) is 2. The number of nitrogens with zero attached hydrogens (tertiary/aromatic N) is 1. The summed E-state index contributed by atoms with van der Waals surface area (Å²) in [6, 6.07) is 8.65. The van der Waals surface area contributed by atoms with E-state index in [0.717, 1.165) is 34.9 Å². The van der Waals surface area contributed by atoms with Gasteiger partial charge in [0.05, 0.1) is 17.9 Å². The first-order valence-electron chi connectivity index (χ1n) is 6.26. The third-order valence-electron chi connectivity index (χ3n) is 3.43. The number of hydrogen-bond donors (Lipinski definition) is 2. The molecule has 0 bridgehead atoms. The van der Waals surface area contributed by atoms with Gasteiger partial charge < -0.3 is 10.3 Å². The highest BCUT2D eigenvalue weighted by molar-refractivity contribution is 9.10. The molecule has 1 aromatic carbocycles. The summed E-state index contributed by atoms with van der Waals surface area (Å²) >= 11 is 3.45. The van der Waals surface area contributed by atoms with Crippen molar-refractivity contribution < 1.29 is 0 Å². The van der Waals surface area contributed by atoms with E-state index in [-0.39, 0.29) is 0 Å². The Morgan fingerprint density at radius 2 is 2.06 bits per heavy atom. The molecule has 2 aromatic rings. The Morgan fingerprint density at radius 1 is 1.28 bits per heavy atom. The molecule has 1 aliphatic rings. The first-order valence-corrected chi connectivity index (χ1v) is 7.06. The van der Waals surface area contributed by atoms with Crippen LogP contribution < -0.4 is 5.32 Å². The van der Waals surface area contributed by atoms with Crippen LogP contribution in [0.2, 0.25) is 0 Å². The van der Waals surface area contributed by atoms with Crippen LogP contribution in [0.4, 0.5) is 0 Å². The summed E-state index contributed by atoms with van der Waals surface area (Å²) in [4.78, 5) is 7.92. The zero-order chi connectivity index (χ0) is 12.5. The number of benzene rings is 1. The van der Waals surface area contributed by atoms with E-state index >= 15 is 0 Å². The van der Waals surface area contributed by atoms with Crippen molar-refractivity contribution in [2.45, 2.75) is 19.4 Å². The number of aromatic nitrogens is 2. The molecule has 0 aliphatic carbocycles. The van der Waals surface area contributed by atoms with Gasteiger partial charge in [0.2, 0.25) is 0 Å². The summed E-state index contributed by atoms with van der Waals surface area (Å²) in [5, 5.41) is 3.50. The average Bonchev–Trinajstić information content (AvgIpc) is 2.98. The summed E-state index contributed by atoms with van der Waals surface area (Å²) in [5.74, 6) is 1.79.